The van der Waals surface area contributed by atoms with E-state index in [1.807, 2.05) is 20.3 Å². The van der Waals surface area contributed by atoms with Crippen molar-refractivity contribution in [2.24, 2.45) is 5.10 Å². The highest BCUT2D eigenvalue weighted by Crippen LogP contribution is 2.38. The van der Waals surface area contributed by atoms with Crippen LogP contribution in [0.1, 0.15) is 32.1 Å². The molecule has 1 fully saturated rings. The Kier molecular flexibility index (Phi) is 5.17. The van der Waals surface area contributed by atoms with E-state index in [0.29, 0.717) is 0 Å². The maximum absolute atomic E-state index is 6.49. The molecule has 0 heterocycles. The first-order chi connectivity index (χ1) is 8.25. The van der Waals surface area contributed by atoms with Crippen LogP contribution < -0.4 is 0 Å². The Morgan fingerprint density at radius 1 is 1.22 bits per heavy atom. The van der Waals surface area contributed by atoms with Crippen molar-refractivity contribution in [1.82, 2.24) is 5.01 Å². The van der Waals surface area contributed by atoms with Crippen LogP contribution in [0.25, 0.3) is 0 Å². The Morgan fingerprint density at radius 3 is 2.22 bits per heavy atom. The largest absolute Gasteiger partial charge is 0.408 e. The lowest BCUT2D eigenvalue weighted by atomic mass is 9.80. The van der Waals surface area contributed by atoms with Crippen molar-refractivity contribution < 1.29 is 4.43 Å². The molecule has 1 aliphatic rings. The summed E-state index contributed by atoms with van der Waals surface area (Å²) in [4.78, 5) is 0. The zero-order valence-electron chi connectivity index (χ0n) is 12.6. The summed E-state index contributed by atoms with van der Waals surface area (Å²) in [6.07, 6.45) is 7.85. The minimum absolute atomic E-state index is 0.151. The Labute approximate surface area is 113 Å². The maximum atomic E-state index is 6.49. The molecule has 1 rings (SSSR count). The van der Waals surface area contributed by atoms with Gasteiger partial charge in [-0.05, 0) is 38.1 Å². The van der Waals surface area contributed by atoms with Crippen molar-refractivity contribution in [1.29, 1.82) is 0 Å². The third kappa shape index (κ3) is 4.57. The SMILES string of the molecule is C=C(C=NN(C)C)C1(O[Si](C)(C)C)CCCCC1. The summed E-state index contributed by atoms with van der Waals surface area (Å²) in [5.41, 5.74) is 0.890. The van der Waals surface area contributed by atoms with E-state index in [-0.39, 0.29) is 5.60 Å². The summed E-state index contributed by atoms with van der Waals surface area (Å²) in [6.45, 7) is 11.0. The molecule has 0 spiro atoms. The van der Waals surface area contributed by atoms with Crippen molar-refractivity contribution >= 4 is 14.5 Å². The molecule has 4 heteroatoms. The van der Waals surface area contributed by atoms with Gasteiger partial charge in [-0.15, -0.1) is 0 Å². The van der Waals surface area contributed by atoms with E-state index in [1.165, 1.54) is 19.3 Å². The van der Waals surface area contributed by atoms with Crippen LogP contribution in [0.3, 0.4) is 0 Å². The lowest BCUT2D eigenvalue weighted by Gasteiger charge is -2.42. The fourth-order valence-electron chi connectivity index (χ4n) is 2.50. The predicted octanol–water partition coefficient (Wildman–Crippen LogP) is 3.64. The molecule has 0 radical (unpaired) electrons. The predicted molar refractivity (Wildman–Crippen MR) is 81.6 cm³/mol. The zero-order chi connectivity index (χ0) is 13.8. The minimum Gasteiger partial charge on any atom is -0.408 e. The minimum atomic E-state index is -1.57. The lowest BCUT2D eigenvalue weighted by Crippen LogP contribution is -2.45. The number of hydrogen-bond donors (Lipinski definition) is 0. The van der Waals surface area contributed by atoms with Crippen LogP contribution in [0, 0.1) is 0 Å². The molecule has 1 saturated carbocycles. The highest BCUT2D eigenvalue weighted by atomic mass is 28.4. The Morgan fingerprint density at radius 2 is 1.78 bits per heavy atom. The van der Waals surface area contributed by atoms with E-state index in [4.69, 9.17) is 4.43 Å². The first kappa shape index (κ1) is 15.4. The van der Waals surface area contributed by atoms with Crippen molar-refractivity contribution in [3.05, 3.63) is 12.2 Å². The van der Waals surface area contributed by atoms with Crippen LogP contribution in [0.2, 0.25) is 19.6 Å². The van der Waals surface area contributed by atoms with E-state index >= 15 is 0 Å². The second-order valence-electron chi connectivity index (χ2n) is 6.39. The van der Waals surface area contributed by atoms with Crippen LogP contribution in [0.15, 0.2) is 17.3 Å². The van der Waals surface area contributed by atoms with Gasteiger partial charge in [-0.25, -0.2) is 0 Å². The Bertz CT molecular complexity index is 312. The third-order valence-corrected chi connectivity index (χ3v) is 4.20. The highest BCUT2D eigenvalue weighted by molar-refractivity contribution is 6.69. The van der Waals surface area contributed by atoms with Crippen LogP contribution in [0.4, 0.5) is 0 Å². The summed E-state index contributed by atoms with van der Waals surface area (Å²) in [5.74, 6) is 0. The first-order valence-electron chi connectivity index (χ1n) is 6.86. The van der Waals surface area contributed by atoms with Gasteiger partial charge in [0.25, 0.3) is 0 Å². The molecule has 0 aromatic rings. The van der Waals surface area contributed by atoms with E-state index in [2.05, 4.69) is 31.3 Å². The summed E-state index contributed by atoms with van der Waals surface area (Å²) in [7, 11) is 2.28. The number of hydrogen-bond acceptors (Lipinski definition) is 3. The van der Waals surface area contributed by atoms with Gasteiger partial charge < -0.3 is 9.43 Å². The van der Waals surface area contributed by atoms with Crippen molar-refractivity contribution in [2.75, 3.05) is 14.1 Å². The van der Waals surface area contributed by atoms with Crippen molar-refractivity contribution in [3.8, 4) is 0 Å². The molecule has 3 nitrogen and oxygen atoms in total. The summed E-state index contributed by atoms with van der Waals surface area (Å²) in [6, 6.07) is 0. The molecule has 0 aromatic heterocycles. The molecule has 0 bridgehead atoms. The molecule has 104 valence electrons. The Balaban J connectivity index is 2.86. The van der Waals surface area contributed by atoms with Crippen molar-refractivity contribution in [2.45, 2.75) is 57.3 Å². The zero-order valence-corrected chi connectivity index (χ0v) is 13.6. The molecule has 1 aliphatic carbocycles. The lowest BCUT2D eigenvalue weighted by molar-refractivity contribution is 0.0645. The smallest absolute Gasteiger partial charge is 0.184 e. The van der Waals surface area contributed by atoms with Gasteiger partial charge in [-0.1, -0.05) is 25.8 Å². The molecule has 18 heavy (non-hydrogen) atoms. The molecule has 0 aliphatic heterocycles. The molecule has 0 amide bonds. The van der Waals surface area contributed by atoms with Crippen LogP contribution >= 0.6 is 0 Å². The van der Waals surface area contributed by atoms with Gasteiger partial charge in [0.05, 0.1) is 11.8 Å². The number of rotatable bonds is 5. The molecule has 0 unspecified atom stereocenters. The standard InChI is InChI=1S/C14H28N2OSi/c1-13(12-15-16(2)3)14(17-18(4,5)6)10-8-7-9-11-14/h12H,1,7-11H2,2-6H3. The van der Waals surface area contributed by atoms with E-state index in [1.54, 1.807) is 5.01 Å². The highest BCUT2D eigenvalue weighted by Gasteiger charge is 2.38. The molecular formula is C14H28N2OSi. The molecule has 0 aromatic carbocycles. The summed E-state index contributed by atoms with van der Waals surface area (Å²) in [5, 5.41) is 6.12. The van der Waals surface area contributed by atoms with Gasteiger partial charge in [0, 0.05) is 14.1 Å². The summed E-state index contributed by atoms with van der Waals surface area (Å²) < 4.78 is 6.49. The second kappa shape index (κ2) is 6.02. The van der Waals surface area contributed by atoms with Gasteiger partial charge in [-0.3, -0.25) is 0 Å². The monoisotopic (exact) mass is 268 g/mol. The third-order valence-electron chi connectivity index (χ3n) is 3.19. The van der Waals surface area contributed by atoms with Crippen LogP contribution in [0.5, 0.6) is 0 Å². The molecule has 0 atom stereocenters. The quantitative estimate of drug-likeness (QED) is 0.432. The Hall–Kier alpha value is -0.613. The van der Waals surface area contributed by atoms with Gasteiger partial charge >= 0.3 is 0 Å². The van der Waals surface area contributed by atoms with Gasteiger partial charge in [-0.2, -0.15) is 5.10 Å². The fourth-order valence-corrected chi connectivity index (χ4v) is 4.01. The number of hydrazone groups is 1. The molecule has 0 N–H and O–H groups in total. The van der Waals surface area contributed by atoms with E-state index in [0.717, 1.165) is 18.4 Å². The van der Waals surface area contributed by atoms with Gasteiger partial charge in [0.2, 0.25) is 0 Å². The topological polar surface area (TPSA) is 24.8 Å². The van der Waals surface area contributed by atoms with Crippen LogP contribution in [-0.2, 0) is 4.43 Å². The molecule has 0 saturated heterocycles. The van der Waals surface area contributed by atoms with Gasteiger partial charge in [0.15, 0.2) is 8.32 Å². The van der Waals surface area contributed by atoms with Crippen LogP contribution in [-0.4, -0.2) is 39.2 Å². The molecular weight excluding hydrogens is 240 g/mol. The first-order valence-corrected chi connectivity index (χ1v) is 10.3. The average Bonchev–Trinajstić information content (AvgIpc) is 2.24. The maximum Gasteiger partial charge on any atom is 0.184 e. The van der Waals surface area contributed by atoms with Crippen molar-refractivity contribution in [3.63, 3.8) is 0 Å². The summed E-state index contributed by atoms with van der Waals surface area (Å²) >= 11 is 0. The second-order valence-corrected chi connectivity index (χ2v) is 10.8. The van der Waals surface area contributed by atoms with E-state index < -0.39 is 8.32 Å². The van der Waals surface area contributed by atoms with Gasteiger partial charge in [0.1, 0.15) is 0 Å². The fraction of sp³-hybridized carbons (Fsp3) is 0.786. The van der Waals surface area contributed by atoms with E-state index in [9.17, 15) is 0 Å². The normalized spacial score (nSPS) is 20.1. The number of nitrogens with zero attached hydrogens (tertiary/aromatic N) is 2. The average molecular weight is 268 g/mol.